The number of nitrogens with zero attached hydrogens (tertiary/aromatic N) is 1. The van der Waals surface area contributed by atoms with E-state index in [4.69, 9.17) is 0 Å². The summed E-state index contributed by atoms with van der Waals surface area (Å²) in [6.07, 6.45) is 0. The van der Waals surface area contributed by atoms with Crippen LogP contribution < -0.4 is 0 Å². The van der Waals surface area contributed by atoms with Crippen LogP contribution in [-0.4, -0.2) is 17.2 Å². The van der Waals surface area contributed by atoms with Gasteiger partial charge in [0.25, 0.3) is 0 Å². The smallest absolute Gasteiger partial charge is 0.0728 e. The molecule has 0 atom stereocenters. The minimum atomic E-state index is 0.936. The van der Waals surface area contributed by atoms with Crippen molar-refractivity contribution in [1.82, 2.24) is 4.90 Å². The SMILES string of the molecule is C=C1SC(c2ccccc2)=C(c2ccccc2)N1CCSc1ccccc1. The van der Waals surface area contributed by atoms with Crippen LogP contribution in [0.1, 0.15) is 11.1 Å². The topological polar surface area (TPSA) is 3.24 Å². The van der Waals surface area contributed by atoms with Crippen molar-refractivity contribution in [1.29, 1.82) is 0 Å². The van der Waals surface area contributed by atoms with Crippen LogP contribution in [-0.2, 0) is 0 Å². The van der Waals surface area contributed by atoms with Crippen LogP contribution >= 0.6 is 23.5 Å². The molecule has 0 spiro atoms. The third-order valence-corrected chi connectivity index (χ3v) is 6.50. The number of hydrogen-bond donors (Lipinski definition) is 0. The van der Waals surface area contributed by atoms with Crippen molar-refractivity contribution in [2.45, 2.75) is 4.90 Å². The normalized spacial score (nSPS) is 14.1. The molecule has 0 N–H and O–H groups in total. The Bertz CT molecular complexity index is 934. The quantitative estimate of drug-likeness (QED) is 0.427. The summed E-state index contributed by atoms with van der Waals surface area (Å²) in [5.41, 5.74) is 3.76. The van der Waals surface area contributed by atoms with Crippen LogP contribution in [0.5, 0.6) is 0 Å². The largest absolute Gasteiger partial charge is 0.334 e. The molecule has 0 unspecified atom stereocenters. The second-order valence-corrected chi connectivity index (χ2v) is 8.47. The molecule has 0 saturated heterocycles. The maximum atomic E-state index is 4.35. The summed E-state index contributed by atoms with van der Waals surface area (Å²) < 4.78 is 0. The monoisotopic (exact) mass is 387 g/mol. The molecule has 0 fully saturated rings. The zero-order valence-corrected chi connectivity index (χ0v) is 16.7. The predicted molar refractivity (Wildman–Crippen MR) is 120 cm³/mol. The molecule has 134 valence electrons. The first-order chi connectivity index (χ1) is 13.3. The van der Waals surface area contributed by atoms with Gasteiger partial charge in [-0.15, -0.1) is 11.8 Å². The molecule has 0 aromatic heterocycles. The Kier molecular flexibility index (Phi) is 5.71. The Balaban J connectivity index is 1.63. The molecule has 1 aliphatic heterocycles. The van der Waals surface area contributed by atoms with E-state index >= 15 is 0 Å². The lowest BCUT2D eigenvalue weighted by atomic mass is 10.1. The molecule has 1 aliphatic rings. The molecule has 1 heterocycles. The molecule has 4 rings (SSSR count). The van der Waals surface area contributed by atoms with Crippen molar-refractivity contribution in [2.75, 3.05) is 12.3 Å². The lowest BCUT2D eigenvalue weighted by molar-refractivity contribution is 0.563. The highest BCUT2D eigenvalue weighted by Gasteiger charge is 2.28. The molecule has 0 aliphatic carbocycles. The van der Waals surface area contributed by atoms with Gasteiger partial charge in [0.05, 0.1) is 10.7 Å². The minimum absolute atomic E-state index is 0.936. The van der Waals surface area contributed by atoms with E-state index in [1.165, 1.54) is 26.6 Å². The van der Waals surface area contributed by atoms with Crippen molar-refractivity contribution in [3.05, 3.63) is 114 Å². The van der Waals surface area contributed by atoms with E-state index in [0.717, 1.165) is 17.3 Å². The molecule has 3 aromatic carbocycles. The molecular formula is C24H21NS2. The van der Waals surface area contributed by atoms with Crippen LogP contribution in [0.4, 0.5) is 0 Å². The van der Waals surface area contributed by atoms with E-state index in [-0.39, 0.29) is 0 Å². The summed E-state index contributed by atoms with van der Waals surface area (Å²) in [6, 6.07) is 31.9. The Morgan fingerprint density at radius 3 is 1.93 bits per heavy atom. The number of hydrogen-bond acceptors (Lipinski definition) is 3. The van der Waals surface area contributed by atoms with Gasteiger partial charge in [0, 0.05) is 22.1 Å². The van der Waals surface area contributed by atoms with Gasteiger partial charge in [-0.25, -0.2) is 0 Å². The molecule has 3 aromatic rings. The Morgan fingerprint density at radius 1 is 0.741 bits per heavy atom. The fourth-order valence-corrected chi connectivity index (χ4v) is 5.11. The van der Waals surface area contributed by atoms with Gasteiger partial charge in [-0.3, -0.25) is 0 Å². The third-order valence-electron chi connectivity index (χ3n) is 4.42. The highest BCUT2D eigenvalue weighted by atomic mass is 32.2. The van der Waals surface area contributed by atoms with Crippen molar-refractivity contribution in [3.63, 3.8) is 0 Å². The van der Waals surface area contributed by atoms with E-state index in [2.05, 4.69) is 102 Å². The van der Waals surface area contributed by atoms with Crippen molar-refractivity contribution in [2.24, 2.45) is 0 Å². The van der Waals surface area contributed by atoms with Gasteiger partial charge in [-0.1, -0.05) is 97.2 Å². The fraction of sp³-hybridized carbons (Fsp3) is 0.0833. The number of benzene rings is 3. The highest BCUT2D eigenvalue weighted by molar-refractivity contribution is 8.12. The summed E-state index contributed by atoms with van der Waals surface area (Å²) in [5, 5.41) is 1.10. The average molecular weight is 388 g/mol. The van der Waals surface area contributed by atoms with E-state index in [0.29, 0.717) is 0 Å². The Hall–Kier alpha value is -2.36. The fourth-order valence-electron chi connectivity index (χ4n) is 3.14. The van der Waals surface area contributed by atoms with Gasteiger partial charge >= 0.3 is 0 Å². The molecule has 0 saturated carbocycles. The summed E-state index contributed by atoms with van der Waals surface area (Å²) in [5.74, 6) is 1.02. The second-order valence-electron chi connectivity index (χ2n) is 6.22. The summed E-state index contributed by atoms with van der Waals surface area (Å²) >= 11 is 3.67. The number of rotatable bonds is 6. The molecule has 0 bridgehead atoms. The van der Waals surface area contributed by atoms with Gasteiger partial charge in [-0.05, 0) is 23.3 Å². The molecule has 0 amide bonds. The van der Waals surface area contributed by atoms with E-state index in [1.54, 1.807) is 11.8 Å². The van der Waals surface area contributed by atoms with Crippen LogP contribution in [0.25, 0.3) is 10.6 Å². The first-order valence-corrected chi connectivity index (χ1v) is 10.8. The first kappa shape index (κ1) is 18.0. The third kappa shape index (κ3) is 4.15. The van der Waals surface area contributed by atoms with E-state index in [9.17, 15) is 0 Å². The Labute approximate surface area is 169 Å². The molecule has 0 radical (unpaired) electrons. The van der Waals surface area contributed by atoms with Crippen LogP contribution in [0.2, 0.25) is 0 Å². The molecule has 27 heavy (non-hydrogen) atoms. The molecular weight excluding hydrogens is 366 g/mol. The van der Waals surface area contributed by atoms with Crippen LogP contribution in [0.3, 0.4) is 0 Å². The van der Waals surface area contributed by atoms with Gasteiger partial charge in [-0.2, -0.15) is 0 Å². The van der Waals surface area contributed by atoms with Gasteiger partial charge < -0.3 is 4.90 Å². The summed E-state index contributed by atoms with van der Waals surface area (Å²) in [4.78, 5) is 4.97. The zero-order chi connectivity index (χ0) is 18.5. The first-order valence-electron chi connectivity index (χ1n) is 9.00. The maximum Gasteiger partial charge on any atom is 0.0728 e. The van der Waals surface area contributed by atoms with E-state index in [1.807, 2.05) is 11.8 Å². The molecule has 3 heteroatoms. The van der Waals surface area contributed by atoms with E-state index < -0.39 is 0 Å². The van der Waals surface area contributed by atoms with Gasteiger partial charge in [0.1, 0.15) is 0 Å². The lowest BCUT2D eigenvalue weighted by Gasteiger charge is -2.23. The van der Waals surface area contributed by atoms with Crippen molar-refractivity contribution in [3.8, 4) is 0 Å². The molecule has 1 nitrogen and oxygen atoms in total. The zero-order valence-electron chi connectivity index (χ0n) is 15.0. The summed E-state index contributed by atoms with van der Waals surface area (Å²) in [7, 11) is 0. The second kappa shape index (κ2) is 8.55. The van der Waals surface area contributed by atoms with Crippen molar-refractivity contribution >= 4 is 34.1 Å². The minimum Gasteiger partial charge on any atom is -0.334 e. The predicted octanol–water partition coefficient (Wildman–Crippen LogP) is 6.82. The average Bonchev–Trinajstić information content (AvgIpc) is 3.06. The van der Waals surface area contributed by atoms with Crippen molar-refractivity contribution < 1.29 is 0 Å². The van der Waals surface area contributed by atoms with Gasteiger partial charge in [0.2, 0.25) is 0 Å². The number of thioether (sulfide) groups is 2. The standard InChI is InChI=1S/C24H21NS2/c1-19-25(17-18-26-22-15-9-4-10-16-22)23(20-11-5-2-6-12-20)24(27-19)21-13-7-3-8-14-21/h2-16H,1,17-18H2. The maximum absolute atomic E-state index is 4.35. The highest BCUT2D eigenvalue weighted by Crippen LogP contribution is 2.49. The van der Waals surface area contributed by atoms with Gasteiger partial charge in [0.15, 0.2) is 0 Å². The summed E-state index contributed by atoms with van der Waals surface area (Å²) in [6.45, 7) is 5.29. The Morgan fingerprint density at radius 2 is 1.30 bits per heavy atom. The lowest BCUT2D eigenvalue weighted by Crippen LogP contribution is -2.19. The van der Waals surface area contributed by atoms with Crippen LogP contribution in [0, 0.1) is 0 Å². The van der Waals surface area contributed by atoms with Crippen LogP contribution in [0.15, 0.2) is 107 Å².